The van der Waals surface area contributed by atoms with Gasteiger partial charge in [0.15, 0.2) is 0 Å². The van der Waals surface area contributed by atoms with Gasteiger partial charge in [-0.3, -0.25) is 4.98 Å². The van der Waals surface area contributed by atoms with Crippen LogP contribution in [-0.4, -0.2) is 4.98 Å². The average Bonchev–Trinajstić information content (AvgIpc) is 2.85. The smallest absolute Gasteiger partial charge is 0.0353 e. The highest BCUT2D eigenvalue weighted by molar-refractivity contribution is 6.21. The first kappa shape index (κ1) is 19.7. The standard InChI is InChI=1S/C32H25N/c1-20-16-26(17-21(2)22(20)3)32-28-11-7-6-10-27(28)31(29-14-15-33-19-30(29)32)25-13-12-23-8-4-5-9-24(23)18-25/h4-19H,1-3H3. The van der Waals surface area contributed by atoms with Crippen molar-refractivity contribution in [1.29, 1.82) is 0 Å². The maximum Gasteiger partial charge on any atom is 0.0353 e. The van der Waals surface area contributed by atoms with Gasteiger partial charge in [-0.15, -0.1) is 0 Å². The van der Waals surface area contributed by atoms with E-state index in [1.807, 2.05) is 12.4 Å². The zero-order valence-electron chi connectivity index (χ0n) is 19.2. The third kappa shape index (κ3) is 3.12. The summed E-state index contributed by atoms with van der Waals surface area (Å²) in [5.41, 5.74) is 9.05. The molecule has 0 saturated carbocycles. The number of fused-ring (bicyclic) bond motifs is 3. The molecule has 0 saturated heterocycles. The van der Waals surface area contributed by atoms with Crippen LogP contribution in [0.3, 0.4) is 0 Å². The second-order valence-electron chi connectivity index (χ2n) is 9.01. The van der Waals surface area contributed by atoms with Crippen molar-refractivity contribution in [2.45, 2.75) is 20.8 Å². The minimum Gasteiger partial charge on any atom is -0.264 e. The van der Waals surface area contributed by atoms with Gasteiger partial charge in [-0.2, -0.15) is 0 Å². The van der Waals surface area contributed by atoms with E-state index >= 15 is 0 Å². The number of nitrogens with zero attached hydrogens (tertiary/aromatic N) is 1. The van der Waals surface area contributed by atoms with Crippen molar-refractivity contribution in [1.82, 2.24) is 4.98 Å². The predicted octanol–water partition coefficient (Wildman–Crippen LogP) is 8.80. The molecule has 6 aromatic rings. The summed E-state index contributed by atoms with van der Waals surface area (Å²) in [5.74, 6) is 0. The topological polar surface area (TPSA) is 12.9 Å². The Bertz CT molecular complexity index is 1610. The number of hydrogen-bond donors (Lipinski definition) is 0. The van der Waals surface area contributed by atoms with Gasteiger partial charge in [-0.25, -0.2) is 0 Å². The van der Waals surface area contributed by atoms with Gasteiger partial charge < -0.3 is 0 Å². The van der Waals surface area contributed by atoms with Crippen molar-refractivity contribution in [3.05, 3.63) is 114 Å². The maximum atomic E-state index is 4.55. The fourth-order valence-corrected chi connectivity index (χ4v) is 5.17. The molecule has 0 bridgehead atoms. The Morgan fingerprint density at radius 1 is 0.515 bits per heavy atom. The van der Waals surface area contributed by atoms with Crippen LogP contribution < -0.4 is 0 Å². The Labute approximate surface area is 194 Å². The quantitative estimate of drug-likeness (QED) is 0.254. The van der Waals surface area contributed by atoms with Crippen LogP contribution in [0, 0.1) is 20.8 Å². The average molecular weight is 424 g/mol. The first-order valence-corrected chi connectivity index (χ1v) is 11.5. The monoisotopic (exact) mass is 423 g/mol. The molecule has 33 heavy (non-hydrogen) atoms. The Morgan fingerprint density at radius 2 is 1.12 bits per heavy atom. The van der Waals surface area contributed by atoms with E-state index in [2.05, 4.69) is 111 Å². The normalized spacial score (nSPS) is 11.5. The van der Waals surface area contributed by atoms with Gasteiger partial charge >= 0.3 is 0 Å². The Balaban J connectivity index is 1.77. The molecular weight excluding hydrogens is 398 g/mol. The zero-order valence-corrected chi connectivity index (χ0v) is 19.2. The third-order valence-corrected chi connectivity index (χ3v) is 7.08. The summed E-state index contributed by atoms with van der Waals surface area (Å²) in [4.78, 5) is 4.55. The molecule has 0 fully saturated rings. The van der Waals surface area contributed by atoms with E-state index in [9.17, 15) is 0 Å². The molecule has 158 valence electrons. The Hall–Kier alpha value is -3.97. The number of aryl methyl sites for hydroxylation is 2. The molecule has 0 spiro atoms. The molecule has 0 aliphatic carbocycles. The lowest BCUT2D eigenvalue weighted by Gasteiger charge is -2.19. The molecule has 0 aliphatic rings. The first-order chi connectivity index (χ1) is 16.1. The van der Waals surface area contributed by atoms with Crippen LogP contribution in [0.15, 0.2) is 97.3 Å². The summed E-state index contributed by atoms with van der Waals surface area (Å²) in [5, 5.41) is 7.50. The van der Waals surface area contributed by atoms with E-state index in [-0.39, 0.29) is 0 Å². The summed E-state index contributed by atoms with van der Waals surface area (Å²) in [6, 6.07) is 31.0. The van der Waals surface area contributed by atoms with Gasteiger partial charge in [-0.05, 0) is 98.8 Å². The summed E-state index contributed by atoms with van der Waals surface area (Å²) in [6.45, 7) is 6.62. The van der Waals surface area contributed by atoms with Crippen LogP contribution in [0.1, 0.15) is 16.7 Å². The highest BCUT2D eigenvalue weighted by Crippen LogP contribution is 2.44. The number of aromatic nitrogens is 1. The molecule has 1 aromatic heterocycles. The fraction of sp³-hybridized carbons (Fsp3) is 0.0938. The van der Waals surface area contributed by atoms with Crippen LogP contribution in [0.2, 0.25) is 0 Å². The number of rotatable bonds is 2. The van der Waals surface area contributed by atoms with Gasteiger partial charge in [0.1, 0.15) is 0 Å². The van der Waals surface area contributed by atoms with Crippen LogP contribution in [0.5, 0.6) is 0 Å². The maximum absolute atomic E-state index is 4.55. The van der Waals surface area contributed by atoms with Crippen LogP contribution in [0.4, 0.5) is 0 Å². The summed E-state index contributed by atoms with van der Waals surface area (Å²) in [6.07, 6.45) is 3.95. The molecule has 0 amide bonds. The van der Waals surface area contributed by atoms with Crippen LogP contribution in [-0.2, 0) is 0 Å². The molecule has 5 aromatic carbocycles. The summed E-state index contributed by atoms with van der Waals surface area (Å²) in [7, 11) is 0. The van der Waals surface area contributed by atoms with Crippen molar-refractivity contribution >= 4 is 32.3 Å². The molecule has 1 nitrogen and oxygen atoms in total. The SMILES string of the molecule is Cc1cc(-c2c3ccccc3c(-c3ccc4ccccc4c3)c3ccncc23)cc(C)c1C. The van der Waals surface area contributed by atoms with Crippen molar-refractivity contribution in [3.63, 3.8) is 0 Å². The fourth-order valence-electron chi connectivity index (χ4n) is 5.17. The van der Waals surface area contributed by atoms with Gasteiger partial charge in [0.2, 0.25) is 0 Å². The third-order valence-electron chi connectivity index (χ3n) is 7.08. The van der Waals surface area contributed by atoms with Gasteiger partial charge in [0.05, 0.1) is 0 Å². The second kappa shape index (κ2) is 7.56. The van der Waals surface area contributed by atoms with E-state index < -0.39 is 0 Å². The molecule has 0 N–H and O–H groups in total. The lowest BCUT2D eigenvalue weighted by molar-refractivity contribution is 1.27. The number of benzene rings is 5. The van der Waals surface area contributed by atoms with E-state index in [4.69, 9.17) is 0 Å². The van der Waals surface area contributed by atoms with Crippen molar-refractivity contribution in [2.75, 3.05) is 0 Å². The molecular formula is C32H25N. The Kier molecular flexibility index (Phi) is 4.52. The second-order valence-corrected chi connectivity index (χ2v) is 9.01. The van der Waals surface area contributed by atoms with E-state index in [0.717, 1.165) is 0 Å². The molecule has 0 aliphatic heterocycles. The minimum atomic E-state index is 1.20. The molecule has 1 heteroatoms. The Morgan fingerprint density at radius 3 is 1.85 bits per heavy atom. The van der Waals surface area contributed by atoms with Crippen LogP contribution in [0.25, 0.3) is 54.6 Å². The van der Waals surface area contributed by atoms with Crippen LogP contribution >= 0.6 is 0 Å². The van der Waals surface area contributed by atoms with Gasteiger partial charge in [0, 0.05) is 17.8 Å². The van der Waals surface area contributed by atoms with E-state index in [1.165, 1.54) is 71.3 Å². The molecule has 0 atom stereocenters. The highest BCUT2D eigenvalue weighted by atomic mass is 14.6. The summed E-state index contributed by atoms with van der Waals surface area (Å²) >= 11 is 0. The lowest BCUT2D eigenvalue weighted by atomic mass is 9.85. The number of hydrogen-bond acceptors (Lipinski definition) is 1. The van der Waals surface area contributed by atoms with E-state index in [0.29, 0.717) is 0 Å². The molecule has 0 unspecified atom stereocenters. The minimum absolute atomic E-state index is 1.20. The highest BCUT2D eigenvalue weighted by Gasteiger charge is 2.17. The van der Waals surface area contributed by atoms with Crippen molar-refractivity contribution in [3.8, 4) is 22.3 Å². The van der Waals surface area contributed by atoms with Crippen molar-refractivity contribution in [2.24, 2.45) is 0 Å². The van der Waals surface area contributed by atoms with Gasteiger partial charge in [-0.1, -0.05) is 72.8 Å². The summed E-state index contributed by atoms with van der Waals surface area (Å²) < 4.78 is 0. The number of pyridine rings is 1. The largest absolute Gasteiger partial charge is 0.264 e. The van der Waals surface area contributed by atoms with E-state index in [1.54, 1.807) is 0 Å². The molecule has 0 radical (unpaired) electrons. The zero-order chi connectivity index (χ0) is 22.5. The molecule has 1 heterocycles. The first-order valence-electron chi connectivity index (χ1n) is 11.5. The molecule has 6 rings (SSSR count). The van der Waals surface area contributed by atoms with Crippen molar-refractivity contribution < 1.29 is 0 Å². The van der Waals surface area contributed by atoms with Gasteiger partial charge in [0.25, 0.3) is 0 Å². The lowest BCUT2D eigenvalue weighted by Crippen LogP contribution is -1.94. The predicted molar refractivity (Wildman–Crippen MR) is 142 cm³/mol.